The van der Waals surface area contributed by atoms with Gasteiger partial charge in [-0.15, -0.1) is 10.2 Å². The van der Waals surface area contributed by atoms with E-state index >= 15 is 0 Å². The smallest absolute Gasteiger partial charge is 0.273 e. The third-order valence-electron chi connectivity index (χ3n) is 2.43. The quantitative estimate of drug-likeness (QED) is 0.662. The molecule has 78 valence electrons. The molecule has 0 fully saturated rings. The Morgan fingerprint density at radius 2 is 2.06 bits per heavy atom. The number of amides is 1. The highest BCUT2D eigenvalue weighted by Crippen LogP contribution is 2.30. The van der Waals surface area contributed by atoms with Gasteiger partial charge in [-0.2, -0.15) is 0 Å². The topological polar surface area (TPSA) is 82.0 Å². The maximum absolute atomic E-state index is 11.1. The van der Waals surface area contributed by atoms with Gasteiger partial charge in [-0.3, -0.25) is 4.79 Å². The van der Waals surface area contributed by atoms with E-state index < -0.39 is 5.91 Å². The zero-order chi connectivity index (χ0) is 11.1. The first-order valence-corrected chi connectivity index (χ1v) is 4.70. The van der Waals surface area contributed by atoms with Crippen LogP contribution in [0.25, 0.3) is 22.2 Å². The molecule has 0 aliphatic carbocycles. The Balaban J connectivity index is 2.41. The third-order valence-corrected chi connectivity index (χ3v) is 2.43. The normalized spacial score (nSPS) is 11.0. The fourth-order valence-electron chi connectivity index (χ4n) is 1.69. The summed E-state index contributed by atoms with van der Waals surface area (Å²) in [5.74, 6) is -0.298. The Morgan fingerprint density at radius 1 is 1.25 bits per heavy atom. The summed E-state index contributed by atoms with van der Waals surface area (Å²) < 4.78 is 5.33. The summed E-state index contributed by atoms with van der Waals surface area (Å²) >= 11 is 0. The van der Waals surface area contributed by atoms with Gasteiger partial charge in [0.25, 0.3) is 5.91 Å². The molecule has 0 bridgehead atoms. The van der Waals surface area contributed by atoms with E-state index in [0.29, 0.717) is 11.5 Å². The van der Waals surface area contributed by atoms with E-state index in [4.69, 9.17) is 10.2 Å². The molecule has 2 heterocycles. The largest absolute Gasteiger partial charge is 0.459 e. The minimum Gasteiger partial charge on any atom is -0.459 e. The number of primary amides is 1. The maximum atomic E-state index is 11.1. The molecule has 1 aromatic rings. The van der Waals surface area contributed by atoms with Crippen molar-refractivity contribution in [2.45, 2.75) is 0 Å². The molecule has 3 rings (SSSR count). The van der Waals surface area contributed by atoms with Crippen LogP contribution in [0.15, 0.2) is 34.9 Å². The van der Waals surface area contributed by atoms with Crippen molar-refractivity contribution in [3.8, 4) is 11.5 Å². The second-order valence-corrected chi connectivity index (χ2v) is 3.41. The molecule has 0 spiro atoms. The average Bonchev–Trinajstić information content (AvgIpc) is 2.73. The molecule has 0 radical (unpaired) electrons. The molecule has 0 aromatic heterocycles. The standard InChI is InChI=1S/C11H7N3O2/c12-11(15)9-10-8(13-14-9)7-4-2-1-3-6(7)5-16-10/h1-5H,(H2,12,15). The molecule has 0 saturated heterocycles. The first-order valence-electron chi connectivity index (χ1n) is 4.70. The molecular weight excluding hydrogens is 206 g/mol. The van der Waals surface area contributed by atoms with E-state index in [9.17, 15) is 4.79 Å². The summed E-state index contributed by atoms with van der Waals surface area (Å²) in [6.45, 7) is 0. The molecule has 16 heavy (non-hydrogen) atoms. The van der Waals surface area contributed by atoms with Crippen molar-refractivity contribution < 1.29 is 9.21 Å². The molecule has 5 nitrogen and oxygen atoms in total. The van der Waals surface area contributed by atoms with Crippen LogP contribution in [-0.4, -0.2) is 16.1 Å². The number of fused-ring (bicyclic) bond motifs is 3. The molecule has 0 saturated carbocycles. The van der Waals surface area contributed by atoms with Crippen molar-refractivity contribution in [1.82, 2.24) is 10.2 Å². The van der Waals surface area contributed by atoms with Gasteiger partial charge >= 0.3 is 0 Å². The monoisotopic (exact) mass is 213 g/mol. The predicted molar refractivity (Wildman–Crippen MR) is 56.9 cm³/mol. The van der Waals surface area contributed by atoms with Crippen LogP contribution >= 0.6 is 0 Å². The lowest BCUT2D eigenvalue weighted by Crippen LogP contribution is -2.12. The fourth-order valence-corrected chi connectivity index (χ4v) is 1.69. The molecule has 0 atom stereocenters. The van der Waals surface area contributed by atoms with Crippen molar-refractivity contribution in [2.75, 3.05) is 0 Å². The number of nitrogens with zero attached hydrogens (tertiary/aromatic N) is 2. The van der Waals surface area contributed by atoms with Gasteiger partial charge < -0.3 is 10.2 Å². The molecule has 0 unspecified atom stereocenters. The van der Waals surface area contributed by atoms with Crippen LogP contribution in [0.4, 0.5) is 0 Å². The number of rotatable bonds is 1. The maximum Gasteiger partial charge on any atom is 0.273 e. The lowest BCUT2D eigenvalue weighted by molar-refractivity contribution is 0.0995. The van der Waals surface area contributed by atoms with Crippen LogP contribution in [0, 0.1) is 0 Å². The number of aromatic nitrogens is 2. The molecule has 2 aliphatic rings. The Bertz CT molecular complexity index is 659. The summed E-state index contributed by atoms with van der Waals surface area (Å²) in [6.07, 6.45) is 1.56. The van der Waals surface area contributed by atoms with Gasteiger partial charge in [0.1, 0.15) is 5.69 Å². The second kappa shape index (κ2) is 3.03. The molecular formula is C11H7N3O2. The van der Waals surface area contributed by atoms with E-state index in [0.717, 1.165) is 10.8 Å². The van der Waals surface area contributed by atoms with Gasteiger partial charge in [0, 0.05) is 10.8 Å². The highest BCUT2D eigenvalue weighted by atomic mass is 16.3. The first kappa shape index (κ1) is 8.84. The van der Waals surface area contributed by atoms with Crippen LogP contribution in [0.3, 0.4) is 0 Å². The predicted octanol–water partition coefficient (Wildman–Crippen LogP) is 1.43. The van der Waals surface area contributed by atoms with E-state index in [1.807, 2.05) is 24.3 Å². The van der Waals surface area contributed by atoms with E-state index in [1.54, 1.807) is 6.26 Å². The number of hydrogen-bond donors (Lipinski definition) is 1. The van der Waals surface area contributed by atoms with Crippen LogP contribution in [0.5, 0.6) is 0 Å². The Labute approximate surface area is 90.2 Å². The molecule has 2 N–H and O–H groups in total. The Kier molecular flexibility index (Phi) is 1.67. The van der Waals surface area contributed by atoms with Gasteiger partial charge in [-0.1, -0.05) is 24.3 Å². The summed E-state index contributed by atoms with van der Waals surface area (Å²) in [5, 5.41) is 9.45. The van der Waals surface area contributed by atoms with Gasteiger partial charge in [0.2, 0.25) is 0 Å². The van der Waals surface area contributed by atoms with Gasteiger partial charge in [0.05, 0.1) is 6.26 Å². The summed E-state index contributed by atoms with van der Waals surface area (Å²) in [7, 11) is 0. The summed E-state index contributed by atoms with van der Waals surface area (Å²) in [4.78, 5) is 11.1. The second-order valence-electron chi connectivity index (χ2n) is 3.41. The molecule has 5 heteroatoms. The Morgan fingerprint density at radius 3 is 2.88 bits per heavy atom. The fraction of sp³-hybridized carbons (Fsp3) is 0. The minimum atomic E-state index is -0.637. The zero-order valence-corrected chi connectivity index (χ0v) is 8.18. The highest BCUT2D eigenvalue weighted by molar-refractivity contribution is 6.02. The van der Waals surface area contributed by atoms with Crippen molar-refractivity contribution in [3.05, 3.63) is 36.2 Å². The number of carbonyl (C=O) groups excluding carboxylic acids is 1. The van der Waals surface area contributed by atoms with Gasteiger partial charge in [0.15, 0.2) is 11.5 Å². The van der Waals surface area contributed by atoms with Crippen LogP contribution in [0.1, 0.15) is 10.5 Å². The van der Waals surface area contributed by atoms with Crippen molar-refractivity contribution in [1.29, 1.82) is 0 Å². The van der Waals surface area contributed by atoms with Crippen LogP contribution < -0.4 is 5.73 Å². The number of hydrogen-bond acceptors (Lipinski definition) is 4. The van der Waals surface area contributed by atoms with E-state index in [-0.39, 0.29) is 5.69 Å². The molecule has 2 aliphatic heterocycles. The SMILES string of the molecule is NC(=O)c1nnc2c3ccccc3coc1-2. The van der Waals surface area contributed by atoms with Crippen LogP contribution in [-0.2, 0) is 0 Å². The molecule has 1 aromatic carbocycles. The van der Waals surface area contributed by atoms with Gasteiger partial charge in [-0.05, 0) is 0 Å². The molecule has 1 amide bonds. The number of benzene rings is 1. The summed E-state index contributed by atoms with van der Waals surface area (Å²) in [5.41, 5.74) is 5.80. The lowest BCUT2D eigenvalue weighted by atomic mass is 10.1. The summed E-state index contributed by atoms with van der Waals surface area (Å²) in [6, 6.07) is 7.58. The van der Waals surface area contributed by atoms with E-state index in [1.165, 1.54) is 0 Å². The van der Waals surface area contributed by atoms with Crippen molar-refractivity contribution in [3.63, 3.8) is 0 Å². The van der Waals surface area contributed by atoms with Crippen LogP contribution in [0.2, 0.25) is 0 Å². The average molecular weight is 213 g/mol. The number of carbonyl (C=O) groups is 1. The third kappa shape index (κ3) is 1.08. The van der Waals surface area contributed by atoms with E-state index in [2.05, 4.69) is 10.2 Å². The highest BCUT2D eigenvalue weighted by Gasteiger charge is 2.22. The lowest BCUT2D eigenvalue weighted by Gasteiger charge is -2.01. The zero-order valence-electron chi connectivity index (χ0n) is 8.18. The van der Waals surface area contributed by atoms with Gasteiger partial charge in [-0.25, -0.2) is 0 Å². The number of nitrogens with two attached hydrogens (primary N) is 1. The first-order chi connectivity index (χ1) is 7.77. The van der Waals surface area contributed by atoms with Crippen molar-refractivity contribution >= 4 is 16.7 Å². The Hall–Kier alpha value is -2.43. The van der Waals surface area contributed by atoms with Crippen molar-refractivity contribution in [2.24, 2.45) is 5.73 Å². The minimum absolute atomic E-state index is 0.0701.